The summed E-state index contributed by atoms with van der Waals surface area (Å²) in [6.07, 6.45) is 2.34. The van der Waals surface area contributed by atoms with Gasteiger partial charge in [0, 0.05) is 6.04 Å². The summed E-state index contributed by atoms with van der Waals surface area (Å²) in [7, 11) is 0. The van der Waals surface area contributed by atoms with Crippen molar-refractivity contribution < 1.29 is 9.47 Å². The number of benzene rings is 1. The first-order valence-electron chi connectivity index (χ1n) is 5.17. The molecule has 1 saturated heterocycles. The van der Waals surface area contributed by atoms with Gasteiger partial charge in [0.1, 0.15) is 0 Å². The monoisotopic (exact) mass is 225 g/mol. The average molecular weight is 226 g/mol. The van der Waals surface area contributed by atoms with E-state index in [-0.39, 0.29) is 6.79 Å². The van der Waals surface area contributed by atoms with Crippen LogP contribution < -0.4 is 14.8 Å². The summed E-state index contributed by atoms with van der Waals surface area (Å²) < 4.78 is 10.6. The maximum Gasteiger partial charge on any atom is 0.231 e. The largest absolute Gasteiger partial charge is 0.454 e. The van der Waals surface area contributed by atoms with Crippen LogP contribution in [-0.4, -0.2) is 13.3 Å². The highest BCUT2D eigenvalue weighted by Gasteiger charge is 2.25. The van der Waals surface area contributed by atoms with Crippen molar-refractivity contribution in [2.24, 2.45) is 0 Å². The zero-order valence-electron chi connectivity index (χ0n) is 8.25. The van der Waals surface area contributed by atoms with Crippen LogP contribution in [0.4, 0.5) is 0 Å². The SMILES string of the molecule is Clc1c(C2CCCN2)ccc2c1OCO2. The Morgan fingerprint density at radius 3 is 3.07 bits per heavy atom. The number of halogens is 1. The van der Waals surface area contributed by atoms with Crippen molar-refractivity contribution in [2.45, 2.75) is 18.9 Å². The summed E-state index contributed by atoms with van der Waals surface area (Å²) in [5, 5.41) is 4.12. The van der Waals surface area contributed by atoms with Gasteiger partial charge in [-0.2, -0.15) is 0 Å². The van der Waals surface area contributed by atoms with Crippen LogP contribution >= 0.6 is 11.6 Å². The molecule has 0 saturated carbocycles. The Labute approximate surface area is 93.3 Å². The van der Waals surface area contributed by atoms with E-state index in [1.54, 1.807) is 0 Å². The smallest absolute Gasteiger partial charge is 0.231 e. The molecular formula is C11H12ClNO2. The van der Waals surface area contributed by atoms with Gasteiger partial charge in [-0.15, -0.1) is 0 Å². The first-order valence-corrected chi connectivity index (χ1v) is 5.55. The summed E-state index contributed by atoms with van der Waals surface area (Å²) in [6, 6.07) is 4.33. The molecule has 0 bridgehead atoms. The molecule has 15 heavy (non-hydrogen) atoms. The highest BCUT2D eigenvalue weighted by Crippen LogP contribution is 2.43. The molecular weight excluding hydrogens is 214 g/mol. The highest BCUT2D eigenvalue weighted by atomic mass is 35.5. The van der Waals surface area contributed by atoms with Gasteiger partial charge in [-0.25, -0.2) is 0 Å². The fourth-order valence-corrected chi connectivity index (χ4v) is 2.52. The summed E-state index contributed by atoms with van der Waals surface area (Å²) in [5.74, 6) is 1.45. The van der Waals surface area contributed by atoms with E-state index in [1.807, 2.05) is 12.1 Å². The quantitative estimate of drug-likeness (QED) is 0.797. The topological polar surface area (TPSA) is 30.5 Å². The molecule has 1 N–H and O–H groups in total. The molecule has 2 aliphatic rings. The van der Waals surface area contributed by atoms with E-state index in [9.17, 15) is 0 Å². The molecule has 0 aromatic heterocycles. The summed E-state index contributed by atoms with van der Waals surface area (Å²) in [4.78, 5) is 0. The predicted molar refractivity (Wildman–Crippen MR) is 57.6 cm³/mol. The molecule has 1 unspecified atom stereocenters. The first-order chi connectivity index (χ1) is 7.36. The van der Waals surface area contributed by atoms with Crippen LogP contribution in [-0.2, 0) is 0 Å². The third-order valence-electron chi connectivity index (χ3n) is 2.94. The Kier molecular flexibility index (Phi) is 2.22. The minimum absolute atomic E-state index is 0.274. The number of ether oxygens (including phenoxy) is 2. The van der Waals surface area contributed by atoms with E-state index in [4.69, 9.17) is 21.1 Å². The number of nitrogens with one attached hydrogen (secondary N) is 1. The lowest BCUT2D eigenvalue weighted by molar-refractivity contribution is 0.174. The van der Waals surface area contributed by atoms with Gasteiger partial charge in [0.05, 0.1) is 5.02 Å². The molecule has 2 aliphatic heterocycles. The van der Waals surface area contributed by atoms with Gasteiger partial charge < -0.3 is 14.8 Å². The van der Waals surface area contributed by atoms with Crippen LogP contribution in [0.15, 0.2) is 12.1 Å². The molecule has 1 fully saturated rings. The van der Waals surface area contributed by atoms with Gasteiger partial charge in [-0.05, 0) is 31.0 Å². The van der Waals surface area contributed by atoms with Crippen LogP contribution in [0.1, 0.15) is 24.4 Å². The average Bonchev–Trinajstić information content (AvgIpc) is 2.87. The van der Waals surface area contributed by atoms with Crippen LogP contribution in [0.5, 0.6) is 11.5 Å². The Bertz CT molecular complexity index is 388. The molecule has 0 spiro atoms. The van der Waals surface area contributed by atoms with Crippen LogP contribution in [0.25, 0.3) is 0 Å². The number of hydrogen-bond donors (Lipinski definition) is 1. The minimum Gasteiger partial charge on any atom is -0.454 e. The molecule has 3 rings (SSSR count). The second kappa shape index (κ2) is 3.58. The van der Waals surface area contributed by atoms with Crippen LogP contribution in [0.2, 0.25) is 5.02 Å². The van der Waals surface area contributed by atoms with E-state index in [1.165, 1.54) is 6.42 Å². The Balaban J connectivity index is 2.01. The van der Waals surface area contributed by atoms with E-state index in [0.717, 1.165) is 24.3 Å². The molecule has 0 aliphatic carbocycles. The van der Waals surface area contributed by atoms with Crippen molar-refractivity contribution in [3.63, 3.8) is 0 Å². The maximum absolute atomic E-state index is 6.29. The summed E-state index contributed by atoms with van der Waals surface area (Å²) in [5.41, 5.74) is 1.12. The Hall–Kier alpha value is -0.930. The maximum atomic E-state index is 6.29. The predicted octanol–water partition coefficient (Wildman–Crippen LogP) is 2.49. The second-order valence-corrected chi connectivity index (χ2v) is 4.23. The zero-order chi connectivity index (χ0) is 10.3. The number of hydrogen-bond acceptors (Lipinski definition) is 3. The molecule has 1 aromatic carbocycles. The fraction of sp³-hybridized carbons (Fsp3) is 0.455. The van der Waals surface area contributed by atoms with E-state index in [0.29, 0.717) is 16.8 Å². The third kappa shape index (κ3) is 1.46. The van der Waals surface area contributed by atoms with Gasteiger partial charge in [0.15, 0.2) is 11.5 Å². The second-order valence-electron chi connectivity index (χ2n) is 3.85. The molecule has 2 heterocycles. The molecule has 4 heteroatoms. The molecule has 1 atom stereocenters. The van der Waals surface area contributed by atoms with Crippen LogP contribution in [0.3, 0.4) is 0 Å². The first kappa shape index (κ1) is 9.31. The van der Waals surface area contributed by atoms with Gasteiger partial charge in [-0.1, -0.05) is 17.7 Å². The van der Waals surface area contributed by atoms with E-state index < -0.39 is 0 Å². The zero-order valence-corrected chi connectivity index (χ0v) is 9.01. The molecule has 1 aromatic rings. The van der Waals surface area contributed by atoms with Crippen molar-refractivity contribution in [1.82, 2.24) is 5.32 Å². The highest BCUT2D eigenvalue weighted by molar-refractivity contribution is 6.33. The Morgan fingerprint density at radius 2 is 2.27 bits per heavy atom. The van der Waals surface area contributed by atoms with Gasteiger partial charge in [0.2, 0.25) is 6.79 Å². The molecule has 80 valence electrons. The van der Waals surface area contributed by atoms with E-state index in [2.05, 4.69) is 5.32 Å². The lowest BCUT2D eigenvalue weighted by atomic mass is 10.0. The number of fused-ring (bicyclic) bond motifs is 1. The third-order valence-corrected chi connectivity index (χ3v) is 3.33. The van der Waals surface area contributed by atoms with Gasteiger partial charge >= 0.3 is 0 Å². The fourth-order valence-electron chi connectivity index (χ4n) is 2.17. The number of rotatable bonds is 1. The van der Waals surface area contributed by atoms with E-state index >= 15 is 0 Å². The van der Waals surface area contributed by atoms with Gasteiger partial charge in [0.25, 0.3) is 0 Å². The van der Waals surface area contributed by atoms with Crippen LogP contribution in [0, 0.1) is 0 Å². The van der Waals surface area contributed by atoms with Crippen molar-refractivity contribution in [3.8, 4) is 11.5 Å². The molecule has 0 radical (unpaired) electrons. The Morgan fingerprint density at radius 1 is 1.33 bits per heavy atom. The standard InChI is InChI=1S/C11H12ClNO2/c12-10-7(8-2-1-5-13-8)3-4-9-11(10)15-6-14-9/h3-4,8,13H,1-2,5-6H2. The normalized spacial score (nSPS) is 23.4. The minimum atomic E-state index is 0.274. The summed E-state index contributed by atoms with van der Waals surface area (Å²) in [6.45, 7) is 1.34. The summed E-state index contributed by atoms with van der Waals surface area (Å²) >= 11 is 6.29. The van der Waals surface area contributed by atoms with Gasteiger partial charge in [-0.3, -0.25) is 0 Å². The molecule has 0 amide bonds. The van der Waals surface area contributed by atoms with Crippen molar-refractivity contribution >= 4 is 11.6 Å². The molecule has 3 nitrogen and oxygen atoms in total. The van der Waals surface area contributed by atoms with Crippen molar-refractivity contribution in [1.29, 1.82) is 0 Å². The lowest BCUT2D eigenvalue weighted by Gasteiger charge is -2.13. The van der Waals surface area contributed by atoms with Crippen molar-refractivity contribution in [3.05, 3.63) is 22.7 Å². The lowest BCUT2D eigenvalue weighted by Crippen LogP contribution is -2.13. The van der Waals surface area contributed by atoms with Crippen molar-refractivity contribution in [2.75, 3.05) is 13.3 Å².